The van der Waals surface area contributed by atoms with Crippen molar-refractivity contribution >= 4 is 28.5 Å². The number of aliphatic hydroxyl groups excluding tert-OH is 1. The maximum atomic E-state index is 15.0. The van der Waals surface area contributed by atoms with Gasteiger partial charge in [-0.2, -0.15) is 0 Å². The lowest BCUT2D eigenvalue weighted by Crippen LogP contribution is -2.31. The van der Waals surface area contributed by atoms with E-state index in [-0.39, 0.29) is 34.1 Å². The maximum Gasteiger partial charge on any atom is 0.573 e. The van der Waals surface area contributed by atoms with Crippen LogP contribution < -0.4 is 9.64 Å². The lowest BCUT2D eigenvalue weighted by atomic mass is 9.99. The molecule has 4 aromatic rings. The number of hydrogen-bond donors (Lipinski definition) is 1. The number of anilines is 1. The number of halogens is 4. The number of alkyl halides is 4. The van der Waals surface area contributed by atoms with Gasteiger partial charge < -0.3 is 14.6 Å². The smallest absolute Gasteiger partial charge is 0.406 e. The van der Waals surface area contributed by atoms with Crippen LogP contribution in [-0.2, 0) is 9.53 Å². The first kappa shape index (κ1) is 32.1. The summed E-state index contributed by atoms with van der Waals surface area (Å²) in [5, 5.41) is 15.1. The van der Waals surface area contributed by atoms with Gasteiger partial charge in [0.05, 0.1) is 23.7 Å². The van der Waals surface area contributed by atoms with Crippen LogP contribution >= 0.6 is 11.8 Å². The van der Waals surface area contributed by atoms with Gasteiger partial charge in [-0.3, -0.25) is 9.69 Å². The number of carbonyl (C=O) groups is 1. The van der Waals surface area contributed by atoms with Crippen molar-refractivity contribution in [2.24, 2.45) is 4.99 Å². The Morgan fingerprint density at radius 3 is 2.44 bits per heavy atom. The van der Waals surface area contributed by atoms with Crippen molar-refractivity contribution < 1.29 is 36.9 Å². The van der Waals surface area contributed by atoms with E-state index in [9.17, 15) is 23.1 Å². The van der Waals surface area contributed by atoms with Crippen LogP contribution in [0.1, 0.15) is 42.6 Å². The third-order valence-corrected chi connectivity index (χ3v) is 7.72. The molecule has 0 radical (unpaired) electrons. The first-order valence-electron chi connectivity index (χ1n) is 13.8. The molecular formula is C31H29F4N5O4S. The first-order chi connectivity index (χ1) is 21.4. The van der Waals surface area contributed by atoms with Gasteiger partial charge in [-0.25, -0.2) is 19.0 Å². The molecule has 3 aromatic carbocycles. The molecule has 1 saturated heterocycles. The number of ether oxygens (including phenoxy) is 2. The number of amidine groups is 1. The molecule has 2 heterocycles. The van der Waals surface area contributed by atoms with E-state index in [1.807, 2.05) is 39.0 Å². The monoisotopic (exact) mass is 643 g/mol. The molecule has 1 aliphatic rings. The van der Waals surface area contributed by atoms with E-state index < -0.39 is 25.6 Å². The number of benzene rings is 3. The minimum atomic E-state index is -4.79. The second-order valence-electron chi connectivity index (χ2n) is 10.5. The number of carbonyl (C=O) groups excluding carboxylic acids is 1. The SMILES string of the molecule is Cc1ccc(C(C)C)c(N2C(=O)CSC2=NC(O)OCC(F)c2ccc(-c3ncn(-c4ccc(OC(F)(F)F)cc4)n3)cc2)c1. The van der Waals surface area contributed by atoms with Crippen molar-refractivity contribution in [3.05, 3.63) is 89.7 Å². The molecule has 5 rings (SSSR count). The number of nitrogens with zero attached hydrogens (tertiary/aromatic N) is 5. The van der Waals surface area contributed by atoms with Gasteiger partial charge in [0, 0.05) is 5.56 Å². The molecule has 0 spiro atoms. The molecule has 0 saturated carbocycles. The summed E-state index contributed by atoms with van der Waals surface area (Å²) < 4.78 is 62.8. The second-order valence-corrected chi connectivity index (χ2v) is 11.4. The molecule has 1 aliphatic heterocycles. The highest BCUT2D eigenvalue weighted by molar-refractivity contribution is 8.15. The highest BCUT2D eigenvalue weighted by atomic mass is 32.2. The standard InChI is InChI=1S/C31H29F4N5O4S/c1-18(2)24-13-4-19(3)14-26(24)40-27(41)16-45-29(40)37-30(42)43-15-25(32)20-5-7-21(8-6-20)28-36-17-39(38-28)22-9-11-23(12-10-22)44-31(33,34)35/h4-14,17-18,25,30,42H,15-16H2,1-3H3. The van der Waals surface area contributed by atoms with Crippen molar-refractivity contribution in [1.82, 2.24) is 14.8 Å². The molecule has 2 atom stereocenters. The van der Waals surface area contributed by atoms with Gasteiger partial charge in [0.15, 0.2) is 11.0 Å². The Morgan fingerprint density at radius 1 is 1.07 bits per heavy atom. The molecule has 2 unspecified atom stereocenters. The molecule has 1 amide bonds. The van der Waals surface area contributed by atoms with Crippen molar-refractivity contribution in [2.45, 2.75) is 45.6 Å². The van der Waals surface area contributed by atoms with Crippen molar-refractivity contribution in [3.8, 4) is 22.8 Å². The molecular weight excluding hydrogens is 614 g/mol. The van der Waals surface area contributed by atoms with Crippen LogP contribution in [0.25, 0.3) is 17.1 Å². The lowest BCUT2D eigenvalue weighted by molar-refractivity contribution is -0.274. The van der Waals surface area contributed by atoms with Gasteiger partial charge in [0.25, 0.3) is 6.41 Å². The predicted octanol–water partition coefficient (Wildman–Crippen LogP) is 6.70. The van der Waals surface area contributed by atoms with Gasteiger partial charge in [0.2, 0.25) is 5.91 Å². The fraction of sp³-hybridized carbons (Fsp3) is 0.290. The number of amides is 1. The summed E-state index contributed by atoms with van der Waals surface area (Å²) >= 11 is 1.17. The average molecular weight is 644 g/mol. The minimum Gasteiger partial charge on any atom is -0.406 e. The largest absolute Gasteiger partial charge is 0.573 e. The summed E-state index contributed by atoms with van der Waals surface area (Å²) in [5.74, 6) is 0.0934. The van der Waals surface area contributed by atoms with Crippen LogP contribution in [0.3, 0.4) is 0 Å². The van der Waals surface area contributed by atoms with E-state index in [1.165, 1.54) is 64.1 Å². The molecule has 45 heavy (non-hydrogen) atoms. The number of aliphatic hydroxyl groups is 1. The van der Waals surface area contributed by atoms with Crippen LogP contribution in [0.4, 0.5) is 23.2 Å². The zero-order valence-corrected chi connectivity index (χ0v) is 25.2. The fourth-order valence-corrected chi connectivity index (χ4v) is 5.47. The van der Waals surface area contributed by atoms with E-state index >= 15 is 4.39 Å². The molecule has 1 fully saturated rings. The zero-order valence-electron chi connectivity index (χ0n) is 24.4. The Balaban J connectivity index is 1.20. The fourth-order valence-electron chi connectivity index (χ4n) is 4.59. The number of rotatable bonds is 10. The van der Waals surface area contributed by atoms with E-state index in [0.717, 1.165) is 11.1 Å². The van der Waals surface area contributed by atoms with Crippen molar-refractivity contribution in [3.63, 3.8) is 0 Å². The summed E-state index contributed by atoms with van der Waals surface area (Å²) in [4.78, 5) is 22.6. The molecule has 0 bridgehead atoms. The second kappa shape index (κ2) is 13.4. The number of thioether (sulfide) groups is 1. The summed E-state index contributed by atoms with van der Waals surface area (Å²) in [6, 6.07) is 17.3. The van der Waals surface area contributed by atoms with Gasteiger partial charge >= 0.3 is 6.36 Å². The van der Waals surface area contributed by atoms with Crippen LogP contribution in [0.15, 0.2) is 78.0 Å². The van der Waals surface area contributed by atoms with E-state index in [1.54, 1.807) is 12.1 Å². The molecule has 0 aliphatic carbocycles. The molecule has 1 aromatic heterocycles. The normalized spacial score (nSPS) is 16.1. The number of aliphatic imine (C=N–C) groups is 1. The van der Waals surface area contributed by atoms with E-state index in [2.05, 4.69) is 19.8 Å². The van der Waals surface area contributed by atoms with Crippen LogP contribution in [0.5, 0.6) is 5.75 Å². The lowest BCUT2D eigenvalue weighted by Gasteiger charge is -2.23. The van der Waals surface area contributed by atoms with Gasteiger partial charge in [-0.05, 0) is 59.9 Å². The maximum absolute atomic E-state index is 15.0. The summed E-state index contributed by atoms with van der Waals surface area (Å²) in [6.07, 6.45) is -6.66. The average Bonchev–Trinajstić information content (AvgIpc) is 3.62. The summed E-state index contributed by atoms with van der Waals surface area (Å²) in [7, 11) is 0. The molecule has 236 valence electrons. The van der Waals surface area contributed by atoms with Crippen LogP contribution in [0.2, 0.25) is 0 Å². The number of aryl methyl sites for hydroxylation is 1. The minimum absolute atomic E-state index is 0.147. The number of hydrogen-bond acceptors (Lipinski definition) is 8. The van der Waals surface area contributed by atoms with Crippen molar-refractivity contribution in [1.29, 1.82) is 0 Å². The quantitative estimate of drug-likeness (QED) is 0.152. The van der Waals surface area contributed by atoms with Gasteiger partial charge in [0.1, 0.15) is 18.2 Å². The van der Waals surface area contributed by atoms with Crippen molar-refractivity contribution in [2.75, 3.05) is 17.3 Å². The Morgan fingerprint density at radius 2 is 1.78 bits per heavy atom. The van der Waals surface area contributed by atoms with Crippen LogP contribution in [-0.4, -0.2) is 56.1 Å². The van der Waals surface area contributed by atoms with E-state index in [4.69, 9.17) is 4.74 Å². The Kier molecular flexibility index (Phi) is 9.56. The first-order valence-corrected chi connectivity index (χ1v) is 14.8. The third kappa shape index (κ3) is 7.88. The topological polar surface area (TPSA) is 102 Å². The molecule has 9 nitrogen and oxygen atoms in total. The van der Waals surface area contributed by atoms with E-state index in [0.29, 0.717) is 22.8 Å². The molecule has 14 heteroatoms. The summed E-state index contributed by atoms with van der Waals surface area (Å²) in [6.45, 7) is 5.49. The Bertz CT molecular complexity index is 1680. The third-order valence-electron chi connectivity index (χ3n) is 6.78. The van der Waals surface area contributed by atoms with Crippen LogP contribution in [0, 0.1) is 6.92 Å². The number of aromatic nitrogens is 3. The van der Waals surface area contributed by atoms with Gasteiger partial charge in [-0.15, -0.1) is 18.3 Å². The zero-order chi connectivity index (χ0) is 32.3. The predicted molar refractivity (Wildman–Crippen MR) is 162 cm³/mol. The highest BCUT2D eigenvalue weighted by Gasteiger charge is 2.33. The molecule has 1 N–H and O–H groups in total. The summed E-state index contributed by atoms with van der Waals surface area (Å²) in [5.41, 5.74) is 3.95. The Labute approximate surface area is 260 Å². The Hall–Kier alpha value is -4.27. The highest BCUT2D eigenvalue weighted by Crippen LogP contribution is 2.34. The van der Waals surface area contributed by atoms with Gasteiger partial charge in [-0.1, -0.05) is 62.0 Å².